The first-order valence-corrected chi connectivity index (χ1v) is 12.1. The van der Waals surface area contributed by atoms with Gasteiger partial charge in [0.25, 0.3) is 0 Å². The minimum absolute atomic E-state index is 0.0395. The fourth-order valence-corrected chi connectivity index (χ4v) is 4.94. The van der Waals surface area contributed by atoms with E-state index in [1.807, 2.05) is 18.0 Å². The lowest BCUT2D eigenvalue weighted by Crippen LogP contribution is -2.47. The lowest BCUT2D eigenvalue weighted by molar-refractivity contribution is -0.145. The van der Waals surface area contributed by atoms with E-state index in [4.69, 9.17) is 9.15 Å². The molecule has 4 rings (SSSR count). The average Bonchev–Trinajstić information content (AvgIpc) is 3.42. The predicted octanol–water partition coefficient (Wildman–Crippen LogP) is 6.97. The number of furan rings is 1. The number of carbonyl (C=O) groups is 1. The van der Waals surface area contributed by atoms with Gasteiger partial charge in [-0.3, -0.25) is 4.79 Å². The highest BCUT2D eigenvalue weighted by Crippen LogP contribution is 2.43. The molecule has 2 aromatic rings. The summed E-state index contributed by atoms with van der Waals surface area (Å²) in [5.74, 6) is -0.409. The van der Waals surface area contributed by atoms with Crippen molar-refractivity contribution in [2.75, 3.05) is 0 Å². The average molecular weight is 471 g/mol. The van der Waals surface area contributed by atoms with Crippen LogP contribution in [0.4, 0.5) is 14.7 Å². The van der Waals surface area contributed by atoms with Gasteiger partial charge in [0.05, 0.1) is 17.9 Å². The molecular weight excluding hydrogens is 438 g/mol. The van der Waals surface area contributed by atoms with E-state index >= 15 is 0 Å². The van der Waals surface area contributed by atoms with Gasteiger partial charge >= 0.3 is 0 Å². The number of halogens is 2. The van der Waals surface area contributed by atoms with E-state index in [1.54, 1.807) is 12.3 Å². The standard InChI is InChI=1S/C27H32F2N2O3/c1-4-6-10-30-26-24(9-11-33-26)17(3)34-23-14-19(15-23)27(32)31-22(5-2)7-8-25(31)18-12-20(28)16-21(29)13-18/h9-13,16,19,22-23,25H,3-8,14-15H2,1-2H3/b30-10-. The molecule has 1 amide bonds. The monoisotopic (exact) mass is 470 g/mol. The van der Waals surface area contributed by atoms with E-state index in [0.29, 0.717) is 42.0 Å². The molecule has 0 radical (unpaired) electrons. The summed E-state index contributed by atoms with van der Waals surface area (Å²) in [5.41, 5.74) is 1.24. The molecule has 1 aromatic heterocycles. The molecule has 0 spiro atoms. The maximum Gasteiger partial charge on any atom is 0.229 e. The van der Waals surface area contributed by atoms with Gasteiger partial charge in [-0.25, -0.2) is 13.8 Å². The maximum atomic E-state index is 13.8. The molecule has 182 valence electrons. The topological polar surface area (TPSA) is 55.0 Å². The number of nitrogens with zero attached hydrogens (tertiary/aromatic N) is 2. The molecule has 1 aliphatic heterocycles. The van der Waals surface area contributed by atoms with Gasteiger partial charge in [-0.15, -0.1) is 0 Å². The Hall–Kier alpha value is -2.96. The van der Waals surface area contributed by atoms with Crippen molar-refractivity contribution >= 4 is 23.8 Å². The van der Waals surface area contributed by atoms with Gasteiger partial charge in [-0.05, 0) is 62.3 Å². The summed E-state index contributed by atoms with van der Waals surface area (Å²) in [7, 11) is 0. The number of likely N-dealkylation sites (tertiary alicyclic amines) is 1. The van der Waals surface area contributed by atoms with Crippen LogP contribution in [0, 0.1) is 17.6 Å². The number of amides is 1. The number of ether oxygens (including phenoxy) is 1. The summed E-state index contributed by atoms with van der Waals surface area (Å²) >= 11 is 0. The summed E-state index contributed by atoms with van der Waals surface area (Å²) < 4.78 is 39.1. The third-order valence-electron chi connectivity index (χ3n) is 6.82. The zero-order valence-corrected chi connectivity index (χ0v) is 19.8. The highest BCUT2D eigenvalue weighted by atomic mass is 19.1. The Morgan fingerprint density at radius 1 is 1.24 bits per heavy atom. The smallest absolute Gasteiger partial charge is 0.229 e. The van der Waals surface area contributed by atoms with Gasteiger partial charge in [0, 0.05) is 24.2 Å². The van der Waals surface area contributed by atoms with Crippen LogP contribution in [0.5, 0.6) is 0 Å². The Kier molecular flexibility index (Phi) is 7.49. The van der Waals surface area contributed by atoms with Crippen LogP contribution in [-0.4, -0.2) is 29.2 Å². The minimum atomic E-state index is -0.615. The molecule has 1 aromatic carbocycles. The van der Waals surface area contributed by atoms with Crippen LogP contribution in [0.15, 0.2) is 46.5 Å². The third-order valence-corrected chi connectivity index (χ3v) is 6.82. The molecule has 2 fully saturated rings. The van der Waals surface area contributed by atoms with Crippen LogP contribution in [-0.2, 0) is 9.53 Å². The summed E-state index contributed by atoms with van der Waals surface area (Å²) in [6.45, 7) is 8.15. The Labute approximate surface area is 199 Å². The fraction of sp³-hybridized carbons (Fsp3) is 0.481. The second-order valence-corrected chi connectivity index (χ2v) is 9.17. The fourth-order valence-electron chi connectivity index (χ4n) is 4.94. The summed E-state index contributed by atoms with van der Waals surface area (Å²) in [6, 6.07) is 5.10. The number of hydrogen-bond donors (Lipinski definition) is 0. The quantitative estimate of drug-likeness (QED) is 0.294. The van der Waals surface area contributed by atoms with Gasteiger partial charge in [0.15, 0.2) is 0 Å². The van der Waals surface area contributed by atoms with Crippen LogP contribution < -0.4 is 0 Å². The summed E-state index contributed by atoms with van der Waals surface area (Å²) in [5, 5.41) is 0. The number of unbranched alkanes of at least 4 members (excludes halogenated alkanes) is 1. The maximum absolute atomic E-state index is 13.8. The van der Waals surface area contributed by atoms with Crippen molar-refractivity contribution in [2.24, 2.45) is 10.9 Å². The highest BCUT2D eigenvalue weighted by molar-refractivity contribution is 5.81. The number of benzene rings is 1. The van der Waals surface area contributed by atoms with Crippen molar-refractivity contribution in [3.05, 3.63) is 59.9 Å². The van der Waals surface area contributed by atoms with Crippen molar-refractivity contribution < 1.29 is 22.7 Å². The highest BCUT2D eigenvalue weighted by Gasteiger charge is 2.44. The van der Waals surface area contributed by atoms with Crippen LogP contribution in [0.2, 0.25) is 0 Å². The molecule has 1 saturated carbocycles. The van der Waals surface area contributed by atoms with E-state index < -0.39 is 11.6 Å². The van der Waals surface area contributed by atoms with Gasteiger partial charge in [-0.1, -0.05) is 26.8 Å². The number of aliphatic imine (C=N–C) groups is 1. The molecule has 34 heavy (non-hydrogen) atoms. The predicted molar refractivity (Wildman–Crippen MR) is 128 cm³/mol. The molecule has 2 unspecified atom stereocenters. The second-order valence-electron chi connectivity index (χ2n) is 9.17. The second kappa shape index (κ2) is 10.5. The van der Waals surface area contributed by atoms with Crippen LogP contribution in [0.3, 0.4) is 0 Å². The van der Waals surface area contributed by atoms with E-state index in [1.165, 1.54) is 12.1 Å². The van der Waals surface area contributed by atoms with E-state index in [9.17, 15) is 13.6 Å². The van der Waals surface area contributed by atoms with Crippen molar-refractivity contribution in [2.45, 2.75) is 77.0 Å². The number of hydrogen-bond acceptors (Lipinski definition) is 4. The molecule has 0 N–H and O–H groups in total. The molecule has 2 aliphatic rings. The van der Waals surface area contributed by atoms with Gasteiger partial charge in [0.1, 0.15) is 23.5 Å². The summed E-state index contributed by atoms with van der Waals surface area (Å²) in [4.78, 5) is 19.6. The van der Waals surface area contributed by atoms with Crippen molar-refractivity contribution in [1.82, 2.24) is 4.90 Å². The van der Waals surface area contributed by atoms with Gasteiger partial charge in [-0.2, -0.15) is 0 Å². The molecule has 2 atom stereocenters. The normalized spacial score (nSPS) is 24.4. The van der Waals surface area contributed by atoms with E-state index in [0.717, 1.165) is 31.7 Å². The van der Waals surface area contributed by atoms with Crippen molar-refractivity contribution in [1.29, 1.82) is 0 Å². The Morgan fingerprint density at radius 3 is 2.65 bits per heavy atom. The molecular formula is C27H32F2N2O3. The zero-order valence-electron chi connectivity index (χ0n) is 19.8. The lowest BCUT2D eigenvalue weighted by Gasteiger charge is -2.40. The summed E-state index contributed by atoms with van der Waals surface area (Å²) in [6.07, 6.45) is 8.63. The Bertz CT molecular complexity index is 1040. The van der Waals surface area contributed by atoms with Gasteiger partial charge in [0.2, 0.25) is 11.8 Å². The molecule has 5 nitrogen and oxygen atoms in total. The van der Waals surface area contributed by atoms with Crippen LogP contribution in [0.1, 0.15) is 76.0 Å². The largest absolute Gasteiger partial charge is 0.490 e. The Balaban J connectivity index is 1.38. The Morgan fingerprint density at radius 2 is 1.97 bits per heavy atom. The van der Waals surface area contributed by atoms with Crippen molar-refractivity contribution in [3.63, 3.8) is 0 Å². The lowest BCUT2D eigenvalue weighted by atomic mass is 9.80. The molecule has 7 heteroatoms. The molecule has 1 aliphatic carbocycles. The van der Waals surface area contributed by atoms with Crippen molar-refractivity contribution in [3.8, 4) is 0 Å². The zero-order chi connectivity index (χ0) is 24.2. The molecule has 2 heterocycles. The molecule has 0 bridgehead atoms. The minimum Gasteiger partial charge on any atom is -0.490 e. The first kappa shape index (κ1) is 24.2. The van der Waals surface area contributed by atoms with Crippen LogP contribution in [0.25, 0.3) is 5.76 Å². The van der Waals surface area contributed by atoms with Crippen LogP contribution >= 0.6 is 0 Å². The number of carbonyl (C=O) groups excluding carboxylic acids is 1. The van der Waals surface area contributed by atoms with Gasteiger partial charge < -0.3 is 14.1 Å². The molecule has 1 saturated heterocycles. The van der Waals surface area contributed by atoms with E-state index in [2.05, 4.69) is 18.5 Å². The third kappa shape index (κ3) is 5.08. The first-order valence-electron chi connectivity index (χ1n) is 12.1. The van der Waals surface area contributed by atoms with E-state index in [-0.39, 0.29) is 30.0 Å². The number of rotatable bonds is 9. The first-order chi connectivity index (χ1) is 16.4. The SMILES string of the molecule is C=C(OC1CC(C(=O)N2C(CC)CCC2c2cc(F)cc(F)c2)C1)c1ccoc1/N=C\CCC.